The Kier molecular flexibility index (Phi) is 4.62. The smallest absolute Gasteiger partial charge is 0.251 e. The molecule has 0 fully saturated rings. The Morgan fingerprint density at radius 1 is 1.25 bits per heavy atom. The van der Waals surface area contributed by atoms with E-state index in [1.54, 1.807) is 49.5 Å². The Bertz CT molecular complexity index is 940. The summed E-state index contributed by atoms with van der Waals surface area (Å²) in [6.45, 7) is 1.76. The van der Waals surface area contributed by atoms with E-state index in [0.29, 0.717) is 27.7 Å². The number of aromatic amines is 1. The molecule has 3 aromatic rings. The average molecular weight is 345 g/mol. The first-order chi connectivity index (χ1) is 11.5. The average Bonchev–Trinajstić information content (AvgIpc) is 2.57. The minimum Gasteiger partial charge on any atom is -0.473 e. The zero-order valence-electron chi connectivity index (χ0n) is 12.8. The minimum absolute atomic E-state index is 0.0355. The number of hydrogen-bond donors (Lipinski definition) is 1. The van der Waals surface area contributed by atoms with Crippen LogP contribution in [0.15, 0.2) is 53.5 Å². The molecule has 0 bridgehead atoms. The lowest BCUT2D eigenvalue weighted by atomic mass is 10.1. The molecule has 2 aromatic heterocycles. The number of benzene rings is 1. The molecule has 6 heteroatoms. The number of halogens is 2. The van der Waals surface area contributed by atoms with Crippen molar-refractivity contribution >= 4 is 11.6 Å². The number of aromatic nitrogens is 2. The summed E-state index contributed by atoms with van der Waals surface area (Å²) in [6, 6.07) is 11.4. The van der Waals surface area contributed by atoms with Crippen molar-refractivity contribution in [1.29, 1.82) is 0 Å². The van der Waals surface area contributed by atoms with E-state index >= 15 is 0 Å². The van der Waals surface area contributed by atoms with Crippen LogP contribution in [-0.4, -0.2) is 9.97 Å². The monoisotopic (exact) mass is 344 g/mol. The van der Waals surface area contributed by atoms with Gasteiger partial charge in [-0.15, -0.1) is 0 Å². The zero-order chi connectivity index (χ0) is 17.1. The van der Waals surface area contributed by atoms with Crippen molar-refractivity contribution in [2.75, 3.05) is 0 Å². The van der Waals surface area contributed by atoms with Crippen molar-refractivity contribution < 1.29 is 9.13 Å². The lowest BCUT2D eigenvalue weighted by Crippen LogP contribution is -2.09. The molecule has 0 spiro atoms. The fourth-order valence-corrected chi connectivity index (χ4v) is 2.43. The van der Waals surface area contributed by atoms with Crippen LogP contribution < -0.4 is 10.3 Å². The second-order valence-electron chi connectivity index (χ2n) is 5.23. The highest BCUT2D eigenvalue weighted by molar-refractivity contribution is 6.30. The number of H-pyrrole nitrogens is 1. The molecule has 0 aliphatic carbocycles. The third-order valence-corrected chi connectivity index (χ3v) is 3.83. The number of ether oxygens (including phenoxy) is 1. The quantitative estimate of drug-likeness (QED) is 0.774. The standard InChI is InChI=1S/C18H14ClFN2O2/c1-11-14(7-8-21-18(11)23)16-3-2-4-17(22-16)24-10-12-5-6-13(19)9-15(12)20/h2-9H,10H2,1H3,(H,21,23). The molecule has 1 N–H and O–H groups in total. The molecular formula is C18H14ClFN2O2. The number of rotatable bonds is 4. The van der Waals surface area contributed by atoms with Crippen LogP contribution >= 0.6 is 11.6 Å². The molecule has 2 heterocycles. The van der Waals surface area contributed by atoms with Gasteiger partial charge in [-0.2, -0.15) is 0 Å². The van der Waals surface area contributed by atoms with Crippen LogP contribution in [0, 0.1) is 12.7 Å². The second-order valence-corrected chi connectivity index (χ2v) is 5.67. The van der Waals surface area contributed by atoms with Crippen LogP contribution in [0.2, 0.25) is 5.02 Å². The van der Waals surface area contributed by atoms with Crippen LogP contribution in [0.1, 0.15) is 11.1 Å². The summed E-state index contributed by atoms with van der Waals surface area (Å²) in [5, 5.41) is 0.334. The molecule has 4 nitrogen and oxygen atoms in total. The normalized spacial score (nSPS) is 10.6. The number of nitrogens with one attached hydrogen (secondary N) is 1. The van der Waals surface area contributed by atoms with Gasteiger partial charge in [0.1, 0.15) is 12.4 Å². The van der Waals surface area contributed by atoms with Crippen molar-refractivity contribution in [3.05, 3.63) is 81.0 Å². The van der Waals surface area contributed by atoms with E-state index in [2.05, 4.69) is 9.97 Å². The van der Waals surface area contributed by atoms with Gasteiger partial charge >= 0.3 is 0 Å². The molecule has 1 aromatic carbocycles. The molecule has 0 aliphatic heterocycles. The highest BCUT2D eigenvalue weighted by atomic mass is 35.5. The van der Waals surface area contributed by atoms with Crippen LogP contribution in [0.4, 0.5) is 4.39 Å². The Hall–Kier alpha value is -2.66. The van der Waals surface area contributed by atoms with Gasteiger partial charge < -0.3 is 9.72 Å². The number of nitrogens with zero attached hydrogens (tertiary/aromatic N) is 1. The van der Waals surface area contributed by atoms with Crippen LogP contribution in [0.25, 0.3) is 11.3 Å². The summed E-state index contributed by atoms with van der Waals surface area (Å²) in [7, 11) is 0. The summed E-state index contributed by atoms with van der Waals surface area (Å²) < 4.78 is 19.3. The van der Waals surface area contributed by atoms with E-state index in [4.69, 9.17) is 16.3 Å². The Morgan fingerprint density at radius 3 is 2.88 bits per heavy atom. The highest BCUT2D eigenvalue weighted by Gasteiger charge is 2.08. The SMILES string of the molecule is Cc1c(-c2cccc(OCc3ccc(Cl)cc3F)n2)cc[nH]c1=O. The molecule has 0 radical (unpaired) electrons. The van der Waals surface area contributed by atoms with Crippen molar-refractivity contribution in [2.24, 2.45) is 0 Å². The first kappa shape index (κ1) is 16.2. The summed E-state index contributed by atoms with van der Waals surface area (Å²) in [6.07, 6.45) is 1.57. The second kappa shape index (κ2) is 6.84. The predicted molar refractivity (Wildman–Crippen MR) is 90.8 cm³/mol. The molecule has 24 heavy (non-hydrogen) atoms. The third kappa shape index (κ3) is 3.46. The van der Waals surface area contributed by atoms with E-state index < -0.39 is 5.82 Å². The van der Waals surface area contributed by atoms with E-state index in [1.807, 2.05) is 0 Å². The first-order valence-corrected chi connectivity index (χ1v) is 7.65. The highest BCUT2D eigenvalue weighted by Crippen LogP contribution is 2.22. The number of hydrogen-bond acceptors (Lipinski definition) is 3. The Balaban J connectivity index is 1.83. The van der Waals surface area contributed by atoms with E-state index in [0.717, 1.165) is 5.56 Å². The maximum atomic E-state index is 13.8. The van der Waals surface area contributed by atoms with Crippen molar-refractivity contribution in [1.82, 2.24) is 9.97 Å². The van der Waals surface area contributed by atoms with Gasteiger partial charge in [0.25, 0.3) is 5.56 Å². The molecule has 0 saturated carbocycles. The van der Waals surface area contributed by atoms with Crippen LogP contribution in [-0.2, 0) is 6.61 Å². The fraction of sp³-hybridized carbons (Fsp3) is 0.111. The van der Waals surface area contributed by atoms with Crippen LogP contribution in [0.5, 0.6) is 5.88 Å². The molecule has 3 rings (SSSR count). The minimum atomic E-state index is -0.427. The summed E-state index contributed by atoms with van der Waals surface area (Å²) in [4.78, 5) is 18.7. The largest absolute Gasteiger partial charge is 0.473 e. The van der Waals surface area contributed by atoms with Gasteiger partial charge in [-0.25, -0.2) is 9.37 Å². The maximum Gasteiger partial charge on any atom is 0.251 e. The van der Waals surface area contributed by atoms with Gasteiger partial charge in [0.05, 0.1) is 5.69 Å². The van der Waals surface area contributed by atoms with E-state index in [-0.39, 0.29) is 12.2 Å². The first-order valence-electron chi connectivity index (χ1n) is 7.27. The molecule has 0 atom stereocenters. The van der Waals surface area contributed by atoms with Gasteiger partial charge in [-0.1, -0.05) is 23.7 Å². The van der Waals surface area contributed by atoms with Crippen molar-refractivity contribution in [2.45, 2.75) is 13.5 Å². The Morgan fingerprint density at radius 2 is 2.08 bits per heavy atom. The van der Waals surface area contributed by atoms with Gasteiger partial charge in [0.15, 0.2) is 0 Å². The molecule has 122 valence electrons. The van der Waals surface area contributed by atoms with Gasteiger partial charge in [0.2, 0.25) is 5.88 Å². The maximum absolute atomic E-state index is 13.8. The molecule has 0 amide bonds. The lowest BCUT2D eigenvalue weighted by molar-refractivity contribution is 0.288. The van der Waals surface area contributed by atoms with Gasteiger partial charge in [-0.05, 0) is 31.2 Å². The van der Waals surface area contributed by atoms with Crippen LogP contribution in [0.3, 0.4) is 0 Å². The summed E-state index contributed by atoms with van der Waals surface area (Å²) >= 11 is 5.73. The lowest BCUT2D eigenvalue weighted by Gasteiger charge is -2.09. The van der Waals surface area contributed by atoms with Gasteiger partial charge in [-0.3, -0.25) is 4.79 Å². The van der Waals surface area contributed by atoms with E-state index in [9.17, 15) is 9.18 Å². The molecular weight excluding hydrogens is 331 g/mol. The molecule has 0 saturated heterocycles. The topological polar surface area (TPSA) is 55.0 Å². The predicted octanol–water partition coefficient (Wildman–Crippen LogP) is 4.12. The third-order valence-electron chi connectivity index (χ3n) is 3.60. The van der Waals surface area contributed by atoms with E-state index in [1.165, 1.54) is 6.07 Å². The molecule has 0 aliphatic rings. The Labute approximate surface area is 142 Å². The summed E-state index contributed by atoms with van der Waals surface area (Å²) in [5.41, 5.74) is 2.14. The van der Waals surface area contributed by atoms with Crippen molar-refractivity contribution in [3.63, 3.8) is 0 Å². The summed E-state index contributed by atoms with van der Waals surface area (Å²) in [5.74, 6) is -0.0781. The zero-order valence-corrected chi connectivity index (χ0v) is 13.6. The fourth-order valence-electron chi connectivity index (χ4n) is 2.27. The number of pyridine rings is 2. The van der Waals surface area contributed by atoms with Gasteiger partial charge in [0, 0.05) is 34.0 Å². The van der Waals surface area contributed by atoms with Crippen molar-refractivity contribution in [3.8, 4) is 17.1 Å². The molecule has 0 unspecified atom stereocenters.